The molecule has 0 bridgehead atoms. The number of rotatable bonds is 3. The second-order valence-electron chi connectivity index (χ2n) is 4.47. The van der Waals surface area contributed by atoms with Crippen molar-refractivity contribution in [3.05, 3.63) is 6.92 Å². The molecule has 1 saturated carbocycles. The zero-order valence-corrected chi connectivity index (χ0v) is 8.73. The molecule has 2 atom stereocenters. The smallest absolute Gasteiger partial charge is 0.0297 e. The number of hydrogen-bond acceptors (Lipinski definition) is 0. The molecule has 0 aromatic carbocycles. The largest absolute Gasteiger partial charge is 0.0651 e. The molecule has 0 aromatic heterocycles. The van der Waals surface area contributed by atoms with Gasteiger partial charge in [0.05, 0.1) is 0 Å². The van der Waals surface area contributed by atoms with Gasteiger partial charge in [-0.05, 0) is 30.6 Å². The summed E-state index contributed by atoms with van der Waals surface area (Å²) in [6.45, 7) is 8.79. The fourth-order valence-corrected chi connectivity index (χ4v) is 2.66. The molecule has 0 heterocycles. The van der Waals surface area contributed by atoms with Gasteiger partial charge >= 0.3 is 0 Å². The van der Waals surface area contributed by atoms with E-state index in [0.717, 1.165) is 12.3 Å². The predicted molar refractivity (Wildman–Crippen MR) is 54.9 cm³/mol. The van der Waals surface area contributed by atoms with E-state index in [-0.39, 0.29) is 0 Å². The van der Waals surface area contributed by atoms with E-state index in [9.17, 15) is 0 Å². The van der Waals surface area contributed by atoms with Crippen molar-refractivity contribution in [1.82, 2.24) is 0 Å². The quantitative estimate of drug-likeness (QED) is 0.590. The molecule has 12 heavy (non-hydrogen) atoms. The fraction of sp³-hybridized carbons (Fsp3) is 0.917. The summed E-state index contributed by atoms with van der Waals surface area (Å²) < 4.78 is 0. The number of hydrogen-bond donors (Lipinski definition) is 0. The van der Waals surface area contributed by atoms with Crippen molar-refractivity contribution in [2.45, 2.75) is 58.8 Å². The predicted octanol–water partition coefficient (Wildman–Crippen LogP) is 4.21. The highest BCUT2D eigenvalue weighted by Crippen LogP contribution is 2.45. The van der Waals surface area contributed by atoms with Crippen molar-refractivity contribution in [3.8, 4) is 0 Å². The van der Waals surface area contributed by atoms with Crippen molar-refractivity contribution < 1.29 is 0 Å². The normalized spacial score (nSPS) is 28.8. The van der Waals surface area contributed by atoms with E-state index < -0.39 is 0 Å². The highest BCUT2D eigenvalue weighted by Gasteiger charge is 2.32. The zero-order chi connectivity index (χ0) is 9.03. The van der Waals surface area contributed by atoms with Gasteiger partial charge in [-0.3, -0.25) is 0 Å². The molecular formula is C12H23. The highest BCUT2D eigenvalue weighted by atomic mass is 14.4. The van der Waals surface area contributed by atoms with Crippen LogP contribution in [0.1, 0.15) is 58.8 Å². The Morgan fingerprint density at radius 2 is 2.17 bits per heavy atom. The summed E-state index contributed by atoms with van der Waals surface area (Å²) in [5, 5.41) is 0. The van der Waals surface area contributed by atoms with Gasteiger partial charge in [-0.15, -0.1) is 0 Å². The third-order valence-electron chi connectivity index (χ3n) is 3.90. The van der Waals surface area contributed by atoms with Crippen LogP contribution in [0.3, 0.4) is 0 Å². The van der Waals surface area contributed by atoms with Crippen LogP contribution in [0, 0.1) is 18.3 Å². The van der Waals surface area contributed by atoms with Crippen LogP contribution in [-0.2, 0) is 0 Å². The van der Waals surface area contributed by atoms with Gasteiger partial charge in [-0.2, -0.15) is 0 Å². The van der Waals surface area contributed by atoms with Gasteiger partial charge in [-0.1, -0.05) is 46.5 Å². The van der Waals surface area contributed by atoms with Gasteiger partial charge in [0.2, 0.25) is 0 Å². The monoisotopic (exact) mass is 167 g/mol. The van der Waals surface area contributed by atoms with Crippen molar-refractivity contribution in [2.75, 3.05) is 0 Å². The Labute approximate surface area is 77.7 Å². The third-order valence-corrected chi connectivity index (χ3v) is 3.90. The van der Waals surface area contributed by atoms with E-state index in [1.54, 1.807) is 0 Å². The van der Waals surface area contributed by atoms with Crippen molar-refractivity contribution in [1.29, 1.82) is 0 Å². The van der Waals surface area contributed by atoms with E-state index >= 15 is 0 Å². The summed E-state index contributed by atoms with van der Waals surface area (Å²) in [5.41, 5.74) is 0.624. The average Bonchev–Trinajstić information content (AvgIpc) is 2.18. The molecule has 71 valence electrons. The molecule has 0 aliphatic heterocycles. The van der Waals surface area contributed by atoms with Gasteiger partial charge in [0.1, 0.15) is 0 Å². The minimum atomic E-state index is 0.624. The summed E-state index contributed by atoms with van der Waals surface area (Å²) in [5.74, 6) is 1.00. The maximum Gasteiger partial charge on any atom is -0.0297 e. The van der Waals surface area contributed by atoms with Crippen molar-refractivity contribution >= 4 is 0 Å². The standard InChI is InChI=1S/C12H23/c1-4-11-8-7-9-12(5-2,6-3)10-11/h11H,2,4-10H2,1,3H3. The Balaban J connectivity index is 2.52. The maximum absolute atomic E-state index is 4.12. The highest BCUT2D eigenvalue weighted by molar-refractivity contribution is 4.85. The molecule has 0 saturated heterocycles. The van der Waals surface area contributed by atoms with Gasteiger partial charge in [0.25, 0.3) is 0 Å². The lowest BCUT2D eigenvalue weighted by Gasteiger charge is -2.39. The van der Waals surface area contributed by atoms with Crippen LogP contribution in [0.4, 0.5) is 0 Å². The first-order chi connectivity index (χ1) is 5.76. The molecule has 1 radical (unpaired) electrons. The summed E-state index contributed by atoms with van der Waals surface area (Å²) >= 11 is 0. The molecular weight excluding hydrogens is 144 g/mol. The van der Waals surface area contributed by atoms with Gasteiger partial charge in [0, 0.05) is 0 Å². The van der Waals surface area contributed by atoms with Crippen LogP contribution in [0.15, 0.2) is 0 Å². The second kappa shape index (κ2) is 4.30. The van der Waals surface area contributed by atoms with Crippen LogP contribution in [0.25, 0.3) is 0 Å². The Morgan fingerprint density at radius 3 is 2.67 bits per heavy atom. The Hall–Kier alpha value is 0. The molecule has 1 aliphatic rings. The average molecular weight is 167 g/mol. The fourth-order valence-electron chi connectivity index (χ4n) is 2.66. The summed E-state index contributed by atoms with van der Waals surface area (Å²) in [4.78, 5) is 0. The van der Waals surface area contributed by atoms with E-state index in [1.165, 1.54) is 38.5 Å². The van der Waals surface area contributed by atoms with Crippen LogP contribution in [-0.4, -0.2) is 0 Å². The molecule has 1 rings (SSSR count). The molecule has 0 nitrogen and oxygen atoms in total. The van der Waals surface area contributed by atoms with E-state index in [4.69, 9.17) is 0 Å². The molecule has 1 fully saturated rings. The van der Waals surface area contributed by atoms with Gasteiger partial charge in [-0.25, -0.2) is 0 Å². The van der Waals surface area contributed by atoms with Crippen LogP contribution >= 0.6 is 0 Å². The van der Waals surface area contributed by atoms with Crippen LogP contribution in [0.5, 0.6) is 0 Å². The Kier molecular flexibility index (Phi) is 3.61. The summed E-state index contributed by atoms with van der Waals surface area (Å²) in [6.07, 6.45) is 9.67. The minimum Gasteiger partial charge on any atom is -0.0651 e. The van der Waals surface area contributed by atoms with Gasteiger partial charge < -0.3 is 0 Å². The first-order valence-electron chi connectivity index (χ1n) is 5.55. The topological polar surface area (TPSA) is 0 Å². The first kappa shape index (κ1) is 10.1. The second-order valence-corrected chi connectivity index (χ2v) is 4.47. The molecule has 0 spiro atoms. The van der Waals surface area contributed by atoms with E-state index in [1.807, 2.05) is 0 Å². The molecule has 0 aromatic rings. The van der Waals surface area contributed by atoms with Crippen LogP contribution in [0.2, 0.25) is 0 Å². The lowest BCUT2D eigenvalue weighted by Crippen LogP contribution is -2.27. The summed E-state index contributed by atoms with van der Waals surface area (Å²) in [7, 11) is 0. The Bertz CT molecular complexity index is 122. The lowest BCUT2D eigenvalue weighted by atomic mass is 9.66. The SMILES string of the molecule is [CH2]CC1(CC)CCCC(CC)C1. The molecule has 0 N–H and O–H groups in total. The molecule has 0 heteroatoms. The molecule has 0 amide bonds. The van der Waals surface area contributed by atoms with Crippen molar-refractivity contribution in [3.63, 3.8) is 0 Å². The Morgan fingerprint density at radius 1 is 1.42 bits per heavy atom. The van der Waals surface area contributed by atoms with E-state index in [2.05, 4.69) is 20.8 Å². The lowest BCUT2D eigenvalue weighted by molar-refractivity contribution is 0.131. The summed E-state index contributed by atoms with van der Waals surface area (Å²) in [6, 6.07) is 0. The zero-order valence-electron chi connectivity index (χ0n) is 8.73. The maximum atomic E-state index is 4.12. The first-order valence-corrected chi connectivity index (χ1v) is 5.55. The van der Waals surface area contributed by atoms with E-state index in [0.29, 0.717) is 5.41 Å². The molecule has 1 aliphatic carbocycles. The minimum absolute atomic E-state index is 0.624. The van der Waals surface area contributed by atoms with Crippen LogP contribution < -0.4 is 0 Å². The molecule has 2 unspecified atom stereocenters. The third kappa shape index (κ3) is 2.02. The van der Waals surface area contributed by atoms with Gasteiger partial charge in [0.15, 0.2) is 0 Å². The van der Waals surface area contributed by atoms with Crippen molar-refractivity contribution in [2.24, 2.45) is 11.3 Å².